The molecule has 0 radical (unpaired) electrons. The van der Waals surface area contributed by atoms with E-state index in [9.17, 15) is 0 Å². The Hall–Kier alpha value is -1.63. The third-order valence-corrected chi connectivity index (χ3v) is 2.12. The lowest BCUT2D eigenvalue weighted by atomic mass is 10.1. The van der Waals surface area contributed by atoms with Gasteiger partial charge in [0, 0.05) is 14.5 Å². The Balaban J connectivity index is 2.34. The fourth-order valence-electron chi connectivity index (χ4n) is 1.32. The van der Waals surface area contributed by atoms with Crippen molar-refractivity contribution in [1.29, 1.82) is 0 Å². The Morgan fingerprint density at radius 3 is 2.50 bits per heavy atom. The second-order valence-electron chi connectivity index (χ2n) is 3.05. The van der Waals surface area contributed by atoms with Gasteiger partial charge >= 0.3 is 0 Å². The summed E-state index contributed by atoms with van der Waals surface area (Å²) >= 11 is 0. The Kier molecular flexibility index (Phi) is 1.96. The van der Waals surface area contributed by atoms with Gasteiger partial charge in [-0.2, -0.15) is 0 Å². The molecule has 0 saturated heterocycles. The van der Waals surface area contributed by atoms with Crippen LogP contribution in [0.3, 0.4) is 0 Å². The number of aromatic nitrogens is 1. The summed E-state index contributed by atoms with van der Waals surface area (Å²) < 4.78 is 15.1. The molecule has 2 rings (SSSR count). The highest BCUT2D eigenvalue weighted by Crippen LogP contribution is 2.15. The van der Waals surface area contributed by atoms with Gasteiger partial charge in [0.2, 0.25) is 0 Å². The van der Waals surface area contributed by atoms with E-state index in [1.54, 1.807) is 12.3 Å². The molecule has 0 aliphatic carbocycles. The normalized spacial score (nSPS) is 13.2. The number of aryl methyl sites for hydroxylation is 1. The van der Waals surface area contributed by atoms with Crippen LogP contribution in [0.1, 0.15) is 15.2 Å². The molecule has 70 valence electrons. The number of hydrogen-bond donors (Lipinski definition) is 0. The van der Waals surface area contributed by atoms with Crippen LogP contribution in [0.5, 0.6) is 0 Å². The first-order chi connectivity index (χ1) is 7.57. The third-order valence-electron chi connectivity index (χ3n) is 2.12. The first kappa shape index (κ1) is 6.77. The van der Waals surface area contributed by atoms with Crippen LogP contribution in [0, 0.1) is 0 Å². The standard InChI is InChI=1S/C13H13N/c1-2-11-8-9-13(14-10-11)12-6-4-3-5-7-12/h3-10H,2H2,1H3/i2D2. The first-order valence-electron chi connectivity index (χ1n) is 5.59. The van der Waals surface area contributed by atoms with Crippen LogP contribution in [-0.4, -0.2) is 4.98 Å². The molecule has 0 spiro atoms. The predicted octanol–water partition coefficient (Wildman–Crippen LogP) is 3.31. The maximum atomic E-state index is 7.57. The molecule has 14 heavy (non-hydrogen) atoms. The molecule has 2 aromatic rings. The summed E-state index contributed by atoms with van der Waals surface area (Å²) in [4.78, 5) is 4.28. The van der Waals surface area contributed by atoms with Crippen molar-refractivity contribution in [2.24, 2.45) is 0 Å². The van der Waals surface area contributed by atoms with Gasteiger partial charge in [0.25, 0.3) is 0 Å². The van der Waals surface area contributed by atoms with Crippen molar-refractivity contribution in [3.05, 3.63) is 54.2 Å². The number of rotatable bonds is 2. The fourth-order valence-corrected chi connectivity index (χ4v) is 1.32. The SMILES string of the molecule is [2H]C([2H])(C)c1ccc(-c2ccccc2)nc1. The molecule has 0 aliphatic heterocycles. The van der Waals surface area contributed by atoms with Crippen molar-refractivity contribution in [2.45, 2.75) is 13.3 Å². The number of hydrogen-bond acceptors (Lipinski definition) is 1. The van der Waals surface area contributed by atoms with Gasteiger partial charge in [-0.1, -0.05) is 43.3 Å². The average molecular weight is 185 g/mol. The van der Waals surface area contributed by atoms with Gasteiger partial charge in [-0.25, -0.2) is 0 Å². The van der Waals surface area contributed by atoms with Gasteiger partial charge < -0.3 is 0 Å². The van der Waals surface area contributed by atoms with Gasteiger partial charge in [-0.15, -0.1) is 0 Å². The third kappa shape index (κ3) is 1.82. The second-order valence-corrected chi connectivity index (χ2v) is 3.05. The van der Waals surface area contributed by atoms with Crippen molar-refractivity contribution >= 4 is 0 Å². The number of pyridine rings is 1. The van der Waals surface area contributed by atoms with Crippen molar-refractivity contribution in [3.8, 4) is 11.3 Å². The minimum absolute atomic E-state index is 0.604. The fraction of sp³-hybridized carbons (Fsp3) is 0.154. The van der Waals surface area contributed by atoms with Crippen LogP contribution in [0.2, 0.25) is 0 Å². The lowest BCUT2D eigenvalue weighted by Gasteiger charge is -2.01. The molecule has 0 N–H and O–H groups in total. The number of benzene rings is 1. The highest BCUT2D eigenvalue weighted by molar-refractivity contribution is 5.58. The van der Waals surface area contributed by atoms with Crippen molar-refractivity contribution in [3.63, 3.8) is 0 Å². The highest BCUT2D eigenvalue weighted by atomic mass is 14.7. The molecule has 0 atom stereocenters. The van der Waals surface area contributed by atoms with E-state index >= 15 is 0 Å². The van der Waals surface area contributed by atoms with Gasteiger partial charge in [0.05, 0.1) is 5.69 Å². The molecule has 0 aliphatic rings. The highest BCUT2D eigenvalue weighted by Gasteiger charge is 1.96. The monoisotopic (exact) mass is 185 g/mol. The Bertz CT molecular complexity index is 458. The average Bonchev–Trinajstić information content (AvgIpc) is 2.29. The molecule has 0 amide bonds. The summed E-state index contributed by atoms with van der Waals surface area (Å²) in [6, 6.07) is 13.5. The summed E-state index contributed by atoms with van der Waals surface area (Å²) in [6.45, 7) is 1.53. The Morgan fingerprint density at radius 2 is 1.93 bits per heavy atom. The maximum Gasteiger partial charge on any atom is 0.0702 e. The minimum atomic E-state index is -1.33. The molecule has 1 nitrogen and oxygen atoms in total. The summed E-state index contributed by atoms with van der Waals surface area (Å²) in [5.74, 6) is 0. The summed E-state index contributed by atoms with van der Waals surface area (Å²) in [5.41, 5.74) is 2.52. The van der Waals surface area contributed by atoms with Gasteiger partial charge in [0.15, 0.2) is 0 Å². The van der Waals surface area contributed by atoms with E-state index < -0.39 is 6.37 Å². The molecular weight excluding hydrogens is 170 g/mol. The maximum absolute atomic E-state index is 7.57. The zero-order chi connectivity index (χ0) is 11.6. The van der Waals surface area contributed by atoms with Gasteiger partial charge in [-0.3, -0.25) is 4.98 Å². The van der Waals surface area contributed by atoms with Crippen LogP contribution in [0.15, 0.2) is 48.7 Å². The topological polar surface area (TPSA) is 12.9 Å². The van der Waals surface area contributed by atoms with E-state index in [-0.39, 0.29) is 0 Å². The molecule has 1 heteroatoms. The Morgan fingerprint density at radius 1 is 1.14 bits per heavy atom. The summed E-state index contributed by atoms with van der Waals surface area (Å²) in [7, 11) is 0. The lowest BCUT2D eigenvalue weighted by Crippen LogP contribution is -1.85. The quantitative estimate of drug-likeness (QED) is 0.699. The van der Waals surface area contributed by atoms with E-state index in [4.69, 9.17) is 2.74 Å². The smallest absolute Gasteiger partial charge is 0.0702 e. The molecule has 0 bridgehead atoms. The van der Waals surface area contributed by atoms with Crippen LogP contribution in [0.4, 0.5) is 0 Å². The van der Waals surface area contributed by atoms with Crippen LogP contribution < -0.4 is 0 Å². The van der Waals surface area contributed by atoms with Gasteiger partial charge in [0.1, 0.15) is 0 Å². The zero-order valence-corrected chi connectivity index (χ0v) is 8.07. The van der Waals surface area contributed by atoms with Crippen LogP contribution >= 0.6 is 0 Å². The van der Waals surface area contributed by atoms with E-state index in [0.29, 0.717) is 5.56 Å². The van der Waals surface area contributed by atoms with Gasteiger partial charge in [-0.05, 0) is 18.0 Å². The van der Waals surface area contributed by atoms with E-state index in [0.717, 1.165) is 11.3 Å². The van der Waals surface area contributed by atoms with E-state index in [1.807, 2.05) is 36.4 Å². The second kappa shape index (κ2) is 4.05. The summed E-state index contributed by atoms with van der Waals surface area (Å²) in [5, 5.41) is 0. The molecule has 0 saturated carbocycles. The van der Waals surface area contributed by atoms with E-state index in [2.05, 4.69) is 4.98 Å². The first-order valence-corrected chi connectivity index (χ1v) is 4.59. The van der Waals surface area contributed by atoms with Crippen LogP contribution in [0.25, 0.3) is 11.3 Å². The zero-order valence-electron chi connectivity index (χ0n) is 10.1. The van der Waals surface area contributed by atoms with E-state index in [1.165, 1.54) is 6.92 Å². The molecule has 1 aromatic carbocycles. The molecule has 0 fully saturated rings. The molecule has 0 unspecified atom stereocenters. The summed E-state index contributed by atoms with van der Waals surface area (Å²) in [6.07, 6.45) is 0.268. The Labute approximate surface area is 87.2 Å². The predicted molar refractivity (Wildman–Crippen MR) is 59.1 cm³/mol. The van der Waals surface area contributed by atoms with Crippen molar-refractivity contribution in [1.82, 2.24) is 4.98 Å². The van der Waals surface area contributed by atoms with Crippen molar-refractivity contribution < 1.29 is 2.74 Å². The lowest BCUT2D eigenvalue weighted by molar-refractivity contribution is 1.11. The molecule has 1 aromatic heterocycles. The molecular formula is C13H13N. The van der Waals surface area contributed by atoms with Crippen LogP contribution in [-0.2, 0) is 6.37 Å². The largest absolute Gasteiger partial charge is 0.256 e. The van der Waals surface area contributed by atoms with Crippen molar-refractivity contribution in [2.75, 3.05) is 0 Å². The molecule has 1 heterocycles. The number of nitrogens with zero attached hydrogens (tertiary/aromatic N) is 1. The minimum Gasteiger partial charge on any atom is -0.256 e.